The molecule has 1 aromatic carbocycles. The van der Waals surface area contributed by atoms with Gasteiger partial charge < -0.3 is 5.21 Å². The normalized spacial score (nSPS) is 16.3. The van der Waals surface area contributed by atoms with Crippen LogP contribution in [-0.4, -0.2) is 11.4 Å². The van der Waals surface area contributed by atoms with Crippen LogP contribution in [0.3, 0.4) is 0 Å². The van der Waals surface area contributed by atoms with Crippen molar-refractivity contribution in [3.63, 3.8) is 0 Å². The van der Waals surface area contributed by atoms with Crippen LogP contribution in [-0.2, 0) is 0 Å². The summed E-state index contributed by atoms with van der Waals surface area (Å²) in [4.78, 5) is 0. The largest absolute Gasteiger partial charge is 0.411 e. The first-order valence-corrected chi connectivity index (χ1v) is 5.72. The predicted octanol–water partition coefficient (Wildman–Crippen LogP) is 3.92. The van der Waals surface area contributed by atoms with Gasteiger partial charge in [-0.2, -0.15) is 0 Å². The number of hydrogen-bond donors (Lipinski definition) is 1. The Bertz CT molecular complexity index is 512. The molecule has 18 heavy (non-hydrogen) atoms. The van der Waals surface area contributed by atoms with Gasteiger partial charge in [0.05, 0.1) is 6.21 Å². The third kappa shape index (κ3) is 3.03. The minimum absolute atomic E-state index is 0.479. The second-order valence-electron chi connectivity index (χ2n) is 4.18. The van der Waals surface area contributed by atoms with Gasteiger partial charge in [0.25, 0.3) is 0 Å². The molecule has 0 fully saturated rings. The summed E-state index contributed by atoms with van der Waals surface area (Å²) in [6.45, 7) is 0. The quantitative estimate of drug-likeness (QED) is 0.491. The first-order chi connectivity index (χ1) is 8.69. The van der Waals surface area contributed by atoms with Crippen LogP contribution in [0.1, 0.15) is 24.8 Å². The molecule has 0 bridgehead atoms. The van der Waals surface area contributed by atoms with Gasteiger partial charge in [0.1, 0.15) is 11.6 Å². The Balaban J connectivity index is 2.22. The number of hydrogen-bond acceptors (Lipinski definition) is 2. The molecule has 0 amide bonds. The summed E-state index contributed by atoms with van der Waals surface area (Å²) >= 11 is 0. The Morgan fingerprint density at radius 1 is 1.00 bits per heavy atom. The SMILES string of the molecule is O/N=C/C1=C(/C=C/c2cc(F)cc(F)c2)CCC1. The maximum absolute atomic E-state index is 13.0. The molecule has 1 N–H and O–H groups in total. The van der Waals surface area contributed by atoms with Crippen LogP contribution >= 0.6 is 0 Å². The molecule has 0 radical (unpaired) electrons. The van der Waals surface area contributed by atoms with E-state index in [1.807, 2.05) is 6.08 Å². The molecular formula is C14H13F2NO. The fourth-order valence-electron chi connectivity index (χ4n) is 2.07. The van der Waals surface area contributed by atoms with E-state index in [1.54, 1.807) is 6.08 Å². The van der Waals surface area contributed by atoms with Gasteiger partial charge in [0.15, 0.2) is 0 Å². The van der Waals surface area contributed by atoms with E-state index in [4.69, 9.17) is 5.21 Å². The average molecular weight is 249 g/mol. The molecule has 94 valence electrons. The Morgan fingerprint density at radius 2 is 1.67 bits per heavy atom. The predicted molar refractivity (Wildman–Crippen MR) is 66.5 cm³/mol. The Kier molecular flexibility index (Phi) is 3.87. The first kappa shape index (κ1) is 12.5. The van der Waals surface area contributed by atoms with Crippen LogP contribution in [0.15, 0.2) is 40.6 Å². The lowest BCUT2D eigenvalue weighted by Gasteiger charge is -1.98. The van der Waals surface area contributed by atoms with Crippen molar-refractivity contribution >= 4 is 12.3 Å². The maximum Gasteiger partial charge on any atom is 0.126 e. The second kappa shape index (κ2) is 5.58. The van der Waals surface area contributed by atoms with Crippen LogP contribution in [0, 0.1) is 11.6 Å². The van der Waals surface area contributed by atoms with Crippen LogP contribution in [0.4, 0.5) is 8.78 Å². The summed E-state index contributed by atoms with van der Waals surface area (Å²) in [6, 6.07) is 3.39. The fraction of sp³-hybridized carbons (Fsp3) is 0.214. The van der Waals surface area contributed by atoms with E-state index < -0.39 is 11.6 Å². The molecule has 0 heterocycles. The van der Waals surface area contributed by atoms with Gasteiger partial charge >= 0.3 is 0 Å². The van der Waals surface area contributed by atoms with Gasteiger partial charge in [-0.1, -0.05) is 17.3 Å². The highest BCUT2D eigenvalue weighted by atomic mass is 19.1. The first-order valence-electron chi connectivity index (χ1n) is 5.72. The van der Waals surface area contributed by atoms with Crippen LogP contribution < -0.4 is 0 Å². The molecule has 0 aliphatic heterocycles. The third-order valence-electron chi connectivity index (χ3n) is 2.88. The molecule has 0 saturated carbocycles. The fourth-order valence-corrected chi connectivity index (χ4v) is 2.07. The van der Waals surface area contributed by atoms with Gasteiger partial charge in [-0.05, 0) is 48.1 Å². The van der Waals surface area contributed by atoms with Crippen molar-refractivity contribution in [2.24, 2.45) is 5.16 Å². The zero-order valence-corrected chi connectivity index (χ0v) is 9.74. The van der Waals surface area contributed by atoms with E-state index in [0.717, 1.165) is 36.5 Å². The number of allylic oxidation sites excluding steroid dienone is 3. The molecule has 0 aromatic heterocycles. The third-order valence-corrected chi connectivity index (χ3v) is 2.88. The van der Waals surface area contributed by atoms with E-state index >= 15 is 0 Å². The minimum atomic E-state index is -0.591. The number of oxime groups is 1. The van der Waals surface area contributed by atoms with Crippen molar-refractivity contribution in [2.75, 3.05) is 0 Å². The van der Waals surface area contributed by atoms with E-state index in [-0.39, 0.29) is 0 Å². The maximum atomic E-state index is 13.0. The van der Waals surface area contributed by atoms with Crippen molar-refractivity contribution in [2.45, 2.75) is 19.3 Å². The molecule has 0 spiro atoms. The zero-order valence-electron chi connectivity index (χ0n) is 9.74. The van der Waals surface area contributed by atoms with Crippen LogP contribution in [0.2, 0.25) is 0 Å². The van der Waals surface area contributed by atoms with Gasteiger partial charge in [-0.25, -0.2) is 8.78 Å². The van der Waals surface area contributed by atoms with Crippen LogP contribution in [0.5, 0.6) is 0 Å². The minimum Gasteiger partial charge on any atom is -0.411 e. The highest BCUT2D eigenvalue weighted by molar-refractivity contribution is 5.81. The Hall–Kier alpha value is -1.97. The molecule has 2 rings (SSSR count). The average Bonchev–Trinajstić information content (AvgIpc) is 2.73. The monoisotopic (exact) mass is 249 g/mol. The van der Waals surface area contributed by atoms with Crippen LogP contribution in [0.25, 0.3) is 6.08 Å². The lowest BCUT2D eigenvalue weighted by Crippen LogP contribution is -1.84. The Morgan fingerprint density at radius 3 is 2.33 bits per heavy atom. The summed E-state index contributed by atoms with van der Waals surface area (Å²) in [5.41, 5.74) is 2.48. The van der Waals surface area contributed by atoms with E-state index in [9.17, 15) is 8.78 Å². The Labute approximate surface area is 104 Å². The summed E-state index contributed by atoms with van der Waals surface area (Å²) in [7, 11) is 0. The zero-order chi connectivity index (χ0) is 13.0. The number of rotatable bonds is 3. The van der Waals surface area contributed by atoms with E-state index in [0.29, 0.717) is 5.56 Å². The topological polar surface area (TPSA) is 32.6 Å². The van der Waals surface area contributed by atoms with E-state index in [1.165, 1.54) is 18.3 Å². The van der Waals surface area contributed by atoms with Crippen molar-refractivity contribution in [3.8, 4) is 0 Å². The molecule has 0 unspecified atom stereocenters. The molecule has 1 aliphatic rings. The van der Waals surface area contributed by atoms with Crippen molar-refractivity contribution < 1.29 is 14.0 Å². The molecule has 2 nitrogen and oxygen atoms in total. The molecule has 1 aromatic rings. The summed E-state index contributed by atoms with van der Waals surface area (Å²) in [5.74, 6) is -1.18. The van der Waals surface area contributed by atoms with Gasteiger partial charge in [-0.3, -0.25) is 0 Å². The number of nitrogens with zero attached hydrogens (tertiary/aromatic N) is 1. The summed E-state index contributed by atoms with van der Waals surface area (Å²) in [5, 5.41) is 11.5. The summed E-state index contributed by atoms with van der Waals surface area (Å²) < 4.78 is 26.0. The van der Waals surface area contributed by atoms with Gasteiger partial charge in [0, 0.05) is 6.07 Å². The van der Waals surface area contributed by atoms with E-state index in [2.05, 4.69) is 5.16 Å². The summed E-state index contributed by atoms with van der Waals surface area (Å²) in [6.07, 6.45) is 7.64. The number of benzene rings is 1. The standard InChI is InChI=1S/C14H13F2NO/c15-13-6-10(7-14(16)8-13)4-5-11-2-1-3-12(11)9-17-18/h4-9,18H,1-3H2/b5-4+,17-9+. The molecule has 0 saturated heterocycles. The van der Waals surface area contributed by atoms with Crippen molar-refractivity contribution in [1.82, 2.24) is 0 Å². The van der Waals surface area contributed by atoms with Gasteiger partial charge in [-0.15, -0.1) is 0 Å². The molecule has 0 atom stereocenters. The van der Waals surface area contributed by atoms with Crippen molar-refractivity contribution in [1.29, 1.82) is 0 Å². The van der Waals surface area contributed by atoms with Crippen molar-refractivity contribution in [3.05, 3.63) is 52.6 Å². The lowest BCUT2D eigenvalue weighted by molar-refractivity contribution is 0.321. The number of halogens is 2. The lowest BCUT2D eigenvalue weighted by atomic mass is 10.1. The smallest absolute Gasteiger partial charge is 0.126 e. The highest BCUT2D eigenvalue weighted by Crippen LogP contribution is 2.26. The van der Waals surface area contributed by atoms with Gasteiger partial charge in [0.2, 0.25) is 0 Å². The molecule has 4 heteroatoms. The second-order valence-corrected chi connectivity index (χ2v) is 4.18. The molecule has 1 aliphatic carbocycles. The highest BCUT2D eigenvalue weighted by Gasteiger charge is 2.10. The molecular weight excluding hydrogens is 236 g/mol.